The Balaban J connectivity index is 2.08. The molecule has 0 bridgehead atoms. The van der Waals surface area contributed by atoms with Gasteiger partial charge < -0.3 is 9.73 Å². The third-order valence-corrected chi connectivity index (χ3v) is 3.18. The molecule has 0 amide bonds. The first-order valence-electron chi connectivity index (χ1n) is 6.32. The number of rotatable bonds is 4. The lowest BCUT2D eigenvalue weighted by Gasteiger charge is -2.19. The van der Waals surface area contributed by atoms with Gasteiger partial charge in [-0.3, -0.25) is 4.98 Å². The quantitative estimate of drug-likeness (QED) is 0.891. The van der Waals surface area contributed by atoms with Crippen LogP contribution in [0.5, 0.6) is 0 Å². The van der Waals surface area contributed by atoms with Crippen molar-refractivity contribution in [2.24, 2.45) is 0 Å². The minimum absolute atomic E-state index is 0.218. The summed E-state index contributed by atoms with van der Waals surface area (Å²) in [4.78, 5) is 4.37. The molecule has 0 aliphatic rings. The average Bonchev–Trinajstić information content (AvgIpc) is 2.69. The zero-order valence-corrected chi connectivity index (χ0v) is 11.4. The van der Waals surface area contributed by atoms with E-state index < -0.39 is 0 Å². The highest BCUT2D eigenvalue weighted by Gasteiger charge is 2.15. The fraction of sp³-hybridized carbons (Fsp3) is 0.400. The summed E-state index contributed by atoms with van der Waals surface area (Å²) in [5, 5.41) is 3.54. The molecule has 0 aliphatic carbocycles. The van der Waals surface area contributed by atoms with Crippen molar-refractivity contribution in [1.82, 2.24) is 10.3 Å². The van der Waals surface area contributed by atoms with E-state index in [0.717, 1.165) is 17.2 Å². The zero-order chi connectivity index (χ0) is 13.1. The van der Waals surface area contributed by atoms with Crippen molar-refractivity contribution in [3.8, 4) is 0 Å². The van der Waals surface area contributed by atoms with Gasteiger partial charge in [0.15, 0.2) is 0 Å². The summed E-state index contributed by atoms with van der Waals surface area (Å²) in [7, 11) is 0. The van der Waals surface area contributed by atoms with Gasteiger partial charge >= 0.3 is 0 Å². The van der Waals surface area contributed by atoms with Crippen LogP contribution in [0.3, 0.4) is 0 Å². The van der Waals surface area contributed by atoms with Gasteiger partial charge in [-0.2, -0.15) is 0 Å². The molecule has 18 heavy (non-hydrogen) atoms. The van der Waals surface area contributed by atoms with Crippen molar-refractivity contribution in [2.45, 2.75) is 39.8 Å². The van der Waals surface area contributed by atoms with Crippen LogP contribution in [0.25, 0.3) is 0 Å². The Labute approximate surface area is 108 Å². The smallest absolute Gasteiger partial charge is 0.105 e. The topological polar surface area (TPSA) is 38.1 Å². The molecule has 3 heteroatoms. The molecule has 2 aromatic heterocycles. The van der Waals surface area contributed by atoms with Crippen LogP contribution in [0.1, 0.15) is 48.7 Å². The minimum Gasteiger partial charge on any atom is -0.466 e. The van der Waals surface area contributed by atoms with Crippen LogP contribution in [0.4, 0.5) is 0 Å². The highest BCUT2D eigenvalue weighted by molar-refractivity contribution is 5.24. The van der Waals surface area contributed by atoms with Crippen molar-refractivity contribution in [2.75, 3.05) is 0 Å². The standard InChI is InChI=1S/C15H20N2O/c1-10-9-14(13(4)18-10)11(2)17-12(3)15-7-5-6-8-16-15/h5-9,11-12,17H,1-4H3/t11?,12-/m0/s1. The van der Waals surface area contributed by atoms with Gasteiger partial charge in [0.05, 0.1) is 5.69 Å². The molecule has 2 atom stereocenters. The van der Waals surface area contributed by atoms with Gasteiger partial charge in [0.25, 0.3) is 0 Å². The van der Waals surface area contributed by atoms with Gasteiger partial charge in [-0.1, -0.05) is 6.07 Å². The monoisotopic (exact) mass is 244 g/mol. The van der Waals surface area contributed by atoms with Crippen molar-refractivity contribution < 1.29 is 4.42 Å². The Morgan fingerprint density at radius 2 is 1.94 bits per heavy atom. The second-order valence-electron chi connectivity index (χ2n) is 4.73. The molecule has 0 spiro atoms. The van der Waals surface area contributed by atoms with Crippen molar-refractivity contribution >= 4 is 0 Å². The van der Waals surface area contributed by atoms with Crippen molar-refractivity contribution in [3.63, 3.8) is 0 Å². The van der Waals surface area contributed by atoms with Crippen LogP contribution >= 0.6 is 0 Å². The number of nitrogens with zero attached hydrogens (tertiary/aromatic N) is 1. The molecular weight excluding hydrogens is 224 g/mol. The lowest BCUT2D eigenvalue weighted by atomic mass is 10.1. The van der Waals surface area contributed by atoms with Gasteiger partial charge in [0.1, 0.15) is 11.5 Å². The summed E-state index contributed by atoms with van der Waals surface area (Å²) in [5.74, 6) is 1.95. The molecule has 0 saturated carbocycles. The molecule has 0 saturated heterocycles. The fourth-order valence-electron chi connectivity index (χ4n) is 2.26. The first kappa shape index (κ1) is 12.8. The van der Waals surface area contributed by atoms with E-state index in [0.29, 0.717) is 0 Å². The normalized spacial score (nSPS) is 14.4. The molecule has 0 aliphatic heterocycles. The summed E-state index contributed by atoms with van der Waals surface area (Å²) in [6, 6.07) is 8.55. The molecule has 2 aromatic rings. The average molecular weight is 244 g/mol. The number of furan rings is 1. The fourth-order valence-corrected chi connectivity index (χ4v) is 2.26. The lowest BCUT2D eigenvalue weighted by molar-refractivity contribution is 0.464. The van der Waals surface area contributed by atoms with Crippen molar-refractivity contribution in [1.29, 1.82) is 0 Å². The molecule has 3 nitrogen and oxygen atoms in total. The maximum atomic E-state index is 5.57. The van der Waals surface area contributed by atoms with Gasteiger partial charge in [0, 0.05) is 23.8 Å². The van der Waals surface area contributed by atoms with Gasteiger partial charge in [-0.15, -0.1) is 0 Å². The summed E-state index contributed by atoms with van der Waals surface area (Å²) in [6.07, 6.45) is 1.82. The number of pyridine rings is 1. The second-order valence-corrected chi connectivity index (χ2v) is 4.73. The Kier molecular flexibility index (Phi) is 3.82. The van der Waals surface area contributed by atoms with Crippen LogP contribution < -0.4 is 5.32 Å². The summed E-state index contributed by atoms with van der Waals surface area (Å²) in [5.41, 5.74) is 2.28. The Morgan fingerprint density at radius 1 is 1.17 bits per heavy atom. The largest absolute Gasteiger partial charge is 0.466 e. The molecule has 96 valence electrons. The number of aromatic nitrogens is 1. The van der Waals surface area contributed by atoms with E-state index in [2.05, 4.69) is 30.2 Å². The van der Waals surface area contributed by atoms with Crippen LogP contribution in [0.2, 0.25) is 0 Å². The first-order chi connectivity index (χ1) is 8.58. The number of hydrogen-bond donors (Lipinski definition) is 1. The highest BCUT2D eigenvalue weighted by atomic mass is 16.3. The molecule has 0 aromatic carbocycles. The predicted molar refractivity (Wildman–Crippen MR) is 72.4 cm³/mol. The predicted octanol–water partition coefficient (Wildman–Crippen LogP) is 3.70. The molecule has 1 unspecified atom stereocenters. The first-order valence-corrected chi connectivity index (χ1v) is 6.32. The van der Waals surface area contributed by atoms with Crippen LogP contribution in [0.15, 0.2) is 34.9 Å². The molecule has 0 radical (unpaired) electrons. The molecule has 1 N–H and O–H groups in total. The third-order valence-electron chi connectivity index (χ3n) is 3.18. The SMILES string of the molecule is Cc1cc(C(C)N[C@@H](C)c2ccccn2)c(C)o1. The van der Waals surface area contributed by atoms with Gasteiger partial charge in [-0.05, 0) is 45.9 Å². The molecule has 2 rings (SSSR count). The summed E-state index contributed by atoms with van der Waals surface area (Å²) < 4.78 is 5.57. The second kappa shape index (κ2) is 5.36. The van der Waals surface area contributed by atoms with Gasteiger partial charge in [0.2, 0.25) is 0 Å². The van der Waals surface area contributed by atoms with E-state index in [1.807, 2.05) is 38.2 Å². The van der Waals surface area contributed by atoms with Crippen LogP contribution in [-0.4, -0.2) is 4.98 Å². The van der Waals surface area contributed by atoms with E-state index in [9.17, 15) is 0 Å². The highest BCUT2D eigenvalue weighted by Crippen LogP contribution is 2.23. The Hall–Kier alpha value is -1.61. The van der Waals surface area contributed by atoms with Crippen LogP contribution in [0, 0.1) is 13.8 Å². The lowest BCUT2D eigenvalue weighted by Crippen LogP contribution is -2.23. The van der Waals surface area contributed by atoms with E-state index in [1.165, 1.54) is 5.56 Å². The summed E-state index contributed by atoms with van der Waals surface area (Å²) >= 11 is 0. The third kappa shape index (κ3) is 2.79. The number of aryl methyl sites for hydroxylation is 2. The maximum Gasteiger partial charge on any atom is 0.105 e. The molecule has 0 fully saturated rings. The molecular formula is C15H20N2O. The van der Waals surface area contributed by atoms with Crippen molar-refractivity contribution in [3.05, 3.63) is 53.2 Å². The minimum atomic E-state index is 0.218. The van der Waals surface area contributed by atoms with E-state index >= 15 is 0 Å². The van der Waals surface area contributed by atoms with E-state index in [4.69, 9.17) is 4.42 Å². The Morgan fingerprint density at radius 3 is 2.50 bits per heavy atom. The van der Waals surface area contributed by atoms with Gasteiger partial charge in [-0.25, -0.2) is 0 Å². The van der Waals surface area contributed by atoms with Crippen LogP contribution in [-0.2, 0) is 0 Å². The molecule has 2 heterocycles. The zero-order valence-electron chi connectivity index (χ0n) is 11.4. The Bertz CT molecular complexity index is 504. The summed E-state index contributed by atoms with van der Waals surface area (Å²) in [6.45, 7) is 8.26. The number of hydrogen-bond acceptors (Lipinski definition) is 3. The van der Waals surface area contributed by atoms with E-state index in [1.54, 1.807) is 0 Å². The maximum absolute atomic E-state index is 5.57. The number of nitrogens with one attached hydrogen (secondary N) is 1. The van der Waals surface area contributed by atoms with E-state index in [-0.39, 0.29) is 12.1 Å².